The van der Waals surface area contributed by atoms with E-state index in [1.54, 1.807) is 0 Å². The maximum Gasteiger partial charge on any atom is 0.135 e. The highest BCUT2D eigenvalue weighted by molar-refractivity contribution is 6.13. The summed E-state index contributed by atoms with van der Waals surface area (Å²) in [5.41, 5.74) is 17.2. The number of fused-ring (bicyclic) bond motifs is 12. The average Bonchev–Trinajstić information content (AvgIpc) is 4.01. The van der Waals surface area contributed by atoms with Crippen LogP contribution in [0.5, 0.6) is 0 Å². The van der Waals surface area contributed by atoms with Crippen LogP contribution in [0.15, 0.2) is 153 Å². The molecule has 3 aliphatic carbocycles. The molecule has 0 fully saturated rings. The van der Waals surface area contributed by atoms with E-state index in [9.17, 15) is 0 Å². The lowest BCUT2D eigenvalue weighted by Gasteiger charge is -2.22. The minimum Gasteiger partial charge on any atom is -0.459 e. The highest BCUT2D eigenvalue weighted by Gasteiger charge is 2.28. The molecule has 0 radical (unpaired) electrons. The fraction of sp³-hybridized carbons (Fsp3) is 0.0909. The number of benzene rings is 7. The van der Waals surface area contributed by atoms with Gasteiger partial charge in [-0.05, 0) is 128 Å². The minimum atomic E-state index is -0.177. The van der Waals surface area contributed by atoms with Crippen LogP contribution in [0.1, 0.15) is 64.3 Å². The topological polar surface area (TPSA) is 39.4 Å². The number of allylic oxidation sites excluding steroid dienone is 2. The fourth-order valence-corrected chi connectivity index (χ4v) is 10.3. The Balaban J connectivity index is 1.02. The molecule has 0 aliphatic heterocycles. The van der Waals surface area contributed by atoms with Crippen molar-refractivity contribution in [3.05, 3.63) is 189 Å². The summed E-state index contributed by atoms with van der Waals surface area (Å²) in [4.78, 5) is 0. The molecule has 0 spiro atoms. The van der Waals surface area contributed by atoms with E-state index < -0.39 is 0 Å². The van der Waals surface area contributed by atoms with Crippen LogP contribution in [0.25, 0.3) is 101 Å². The van der Waals surface area contributed by atoms with Gasteiger partial charge in [0.25, 0.3) is 0 Å². The van der Waals surface area contributed by atoms with E-state index in [2.05, 4.69) is 153 Å². The van der Waals surface area contributed by atoms with Crippen LogP contribution < -0.4 is 10.6 Å². The van der Waals surface area contributed by atoms with Gasteiger partial charge in [0.1, 0.15) is 33.5 Å². The fourth-order valence-electron chi connectivity index (χ4n) is 10.3. The molecule has 0 bridgehead atoms. The Bertz CT molecular complexity index is 3600. The quantitative estimate of drug-likeness (QED) is 0.181. The maximum absolute atomic E-state index is 6.73. The van der Waals surface area contributed by atoms with Gasteiger partial charge in [0.05, 0.1) is 5.92 Å². The van der Waals surface area contributed by atoms with Crippen LogP contribution in [0.4, 0.5) is 0 Å². The molecule has 0 saturated heterocycles. The Labute approximate surface area is 334 Å². The number of hydrogen-bond acceptors (Lipinski definition) is 3. The molecule has 3 aliphatic rings. The molecule has 274 valence electrons. The summed E-state index contributed by atoms with van der Waals surface area (Å²) < 4.78 is 19.8. The summed E-state index contributed by atoms with van der Waals surface area (Å²) in [6, 6.07) is 46.0. The molecule has 3 nitrogen and oxygen atoms in total. The third-order valence-corrected chi connectivity index (χ3v) is 13.0. The van der Waals surface area contributed by atoms with Crippen molar-refractivity contribution in [3.63, 3.8) is 0 Å². The van der Waals surface area contributed by atoms with Gasteiger partial charge in [-0.2, -0.15) is 0 Å². The second kappa shape index (κ2) is 12.0. The molecule has 58 heavy (non-hydrogen) atoms. The van der Waals surface area contributed by atoms with E-state index in [-0.39, 0.29) is 5.92 Å². The molecular weight excluding hydrogens is 709 g/mol. The molecule has 0 saturated carbocycles. The number of rotatable bonds is 3. The van der Waals surface area contributed by atoms with Crippen LogP contribution in [0, 0.1) is 0 Å². The van der Waals surface area contributed by atoms with Crippen LogP contribution in [0.3, 0.4) is 0 Å². The third kappa shape index (κ3) is 4.56. The van der Waals surface area contributed by atoms with Gasteiger partial charge < -0.3 is 13.3 Å². The van der Waals surface area contributed by atoms with E-state index >= 15 is 0 Å². The number of aryl methyl sites for hydroxylation is 1. The lowest BCUT2D eigenvalue weighted by Crippen LogP contribution is -2.20. The van der Waals surface area contributed by atoms with Crippen molar-refractivity contribution >= 4 is 79.0 Å². The summed E-state index contributed by atoms with van der Waals surface area (Å²) in [5.74, 6) is 1.04. The average molecular weight is 745 g/mol. The second-order valence-corrected chi connectivity index (χ2v) is 16.2. The second-order valence-electron chi connectivity index (χ2n) is 16.2. The predicted octanol–water partition coefficient (Wildman–Crippen LogP) is 13.4. The van der Waals surface area contributed by atoms with E-state index in [1.807, 2.05) is 18.2 Å². The number of hydrogen-bond donors (Lipinski definition) is 0. The van der Waals surface area contributed by atoms with E-state index in [4.69, 9.17) is 13.3 Å². The van der Waals surface area contributed by atoms with Crippen molar-refractivity contribution in [1.82, 2.24) is 0 Å². The Morgan fingerprint density at radius 2 is 1.24 bits per heavy atom. The smallest absolute Gasteiger partial charge is 0.135 e. The van der Waals surface area contributed by atoms with Crippen LogP contribution in [-0.4, -0.2) is 0 Å². The van der Waals surface area contributed by atoms with Crippen molar-refractivity contribution in [2.45, 2.75) is 31.6 Å². The number of para-hydroxylation sites is 2. The maximum atomic E-state index is 6.73. The first kappa shape index (κ1) is 32.0. The van der Waals surface area contributed by atoms with Gasteiger partial charge in [-0.25, -0.2) is 0 Å². The Morgan fingerprint density at radius 3 is 2.10 bits per heavy atom. The zero-order valence-electron chi connectivity index (χ0n) is 31.9. The van der Waals surface area contributed by atoms with Crippen molar-refractivity contribution < 1.29 is 13.3 Å². The van der Waals surface area contributed by atoms with Crippen molar-refractivity contribution in [3.8, 4) is 22.3 Å². The standard InChI is InChI=1S/C55H36O3/c1-31-18-23-41-52(31)54(35-20-19-32-10-2-3-11-33(32)26-35)40-15-5-4-14-39(40)53(41)36-22-25-50-44(28-36)43-27-34(21-24-49(43)56-50)42-30-51-45(37-12-6-8-16-47(37)57-51)29-46-38-13-7-9-17-48(38)58-55(42)46/h3-9,11-31,42H,2,10H2,1H3. The largest absolute Gasteiger partial charge is 0.459 e. The zero-order valence-corrected chi connectivity index (χ0v) is 31.9. The van der Waals surface area contributed by atoms with E-state index in [0.29, 0.717) is 5.92 Å². The van der Waals surface area contributed by atoms with E-state index in [0.717, 1.165) is 84.2 Å². The normalized spacial score (nSPS) is 16.7. The first-order valence-corrected chi connectivity index (χ1v) is 20.4. The van der Waals surface area contributed by atoms with Gasteiger partial charge in [-0.3, -0.25) is 0 Å². The zero-order chi connectivity index (χ0) is 38.1. The molecule has 3 heteroatoms. The monoisotopic (exact) mass is 744 g/mol. The third-order valence-electron chi connectivity index (χ3n) is 13.0. The van der Waals surface area contributed by atoms with Crippen molar-refractivity contribution in [2.75, 3.05) is 0 Å². The first-order chi connectivity index (χ1) is 28.6. The van der Waals surface area contributed by atoms with Gasteiger partial charge in [-0.1, -0.05) is 116 Å². The number of furan rings is 3. The molecule has 3 heterocycles. The molecular formula is C55H36O3. The van der Waals surface area contributed by atoms with Crippen LogP contribution in [-0.2, 0) is 6.42 Å². The lowest BCUT2D eigenvalue weighted by molar-refractivity contribution is 0.543. The molecule has 2 atom stereocenters. The minimum absolute atomic E-state index is 0.177. The SMILES string of the molecule is CC1C=Cc2c1c(-c1ccc3c(c1)C=CCC3)c1ccccc1c2-c1ccc2oc3ccc(C4C=c5oc6ccccc6c5=Cc5c4oc4ccccc54)cc3c2c1. The first-order valence-electron chi connectivity index (χ1n) is 20.4. The molecule has 10 aromatic rings. The summed E-state index contributed by atoms with van der Waals surface area (Å²) >= 11 is 0. The molecule has 2 unspecified atom stereocenters. The van der Waals surface area contributed by atoms with Crippen molar-refractivity contribution in [2.24, 2.45) is 0 Å². The van der Waals surface area contributed by atoms with Gasteiger partial charge >= 0.3 is 0 Å². The van der Waals surface area contributed by atoms with Gasteiger partial charge in [0.2, 0.25) is 0 Å². The molecule has 0 N–H and O–H groups in total. The predicted molar refractivity (Wildman–Crippen MR) is 238 cm³/mol. The Kier molecular flexibility index (Phi) is 6.60. The van der Waals surface area contributed by atoms with Gasteiger partial charge in [-0.15, -0.1) is 0 Å². The molecule has 3 aromatic heterocycles. The summed E-state index contributed by atoms with van der Waals surface area (Å²) in [7, 11) is 0. The Hall–Kier alpha value is -7.10. The molecule has 13 rings (SSSR count). The summed E-state index contributed by atoms with van der Waals surface area (Å²) in [6.07, 6.45) is 16.0. The molecule has 0 amide bonds. The van der Waals surface area contributed by atoms with E-state index in [1.165, 1.54) is 55.3 Å². The van der Waals surface area contributed by atoms with Crippen LogP contribution in [0.2, 0.25) is 0 Å². The van der Waals surface area contributed by atoms with Crippen LogP contribution >= 0.6 is 0 Å². The molecule has 7 aromatic carbocycles. The highest BCUT2D eigenvalue weighted by atomic mass is 16.3. The van der Waals surface area contributed by atoms with Gasteiger partial charge in [0, 0.05) is 38.2 Å². The lowest BCUT2D eigenvalue weighted by atomic mass is 9.81. The summed E-state index contributed by atoms with van der Waals surface area (Å²) in [5, 5.41) is 8.03. The van der Waals surface area contributed by atoms with Gasteiger partial charge in [0.15, 0.2) is 0 Å². The Morgan fingerprint density at radius 1 is 0.552 bits per heavy atom. The summed E-state index contributed by atoms with van der Waals surface area (Å²) in [6.45, 7) is 2.33. The highest BCUT2D eigenvalue weighted by Crippen LogP contribution is 2.50. The van der Waals surface area contributed by atoms with Crippen molar-refractivity contribution in [1.29, 1.82) is 0 Å².